The molecule has 0 saturated carbocycles. The SMILES string of the molecule is C=C[C@@H]1OC[C@@H]2O[C@H](OCCCl)[C@@H]3O[C@H](C=C)O[C@@H]3[C@H]2O1. The molecule has 6 nitrogen and oxygen atoms in total. The van der Waals surface area contributed by atoms with Crippen LogP contribution in [0.4, 0.5) is 0 Å². The van der Waals surface area contributed by atoms with Crippen molar-refractivity contribution in [2.75, 3.05) is 19.1 Å². The predicted octanol–water partition coefficient (Wildman–Crippen LogP) is 1.19. The number of halogens is 1. The lowest BCUT2D eigenvalue weighted by Gasteiger charge is -2.45. The van der Waals surface area contributed by atoms with Crippen LogP contribution < -0.4 is 0 Å². The second-order valence-electron chi connectivity index (χ2n) is 4.95. The normalized spacial score (nSPS) is 45.7. The topological polar surface area (TPSA) is 55.4 Å². The molecule has 7 heteroatoms. The summed E-state index contributed by atoms with van der Waals surface area (Å²) in [5.41, 5.74) is 0. The highest BCUT2D eigenvalue weighted by Gasteiger charge is 2.55. The van der Waals surface area contributed by atoms with E-state index in [1.165, 1.54) is 0 Å². The summed E-state index contributed by atoms with van der Waals surface area (Å²) in [6, 6.07) is 0. The Hall–Kier alpha value is -0.470. The fourth-order valence-electron chi connectivity index (χ4n) is 2.73. The van der Waals surface area contributed by atoms with Gasteiger partial charge in [-0.05, 0) is 12.2 Å². The molecule has 3 heterocycles. The van der Waals surface area contributed by atoms with Crippen molar-refractivity contribution in [3.63, 3.8) is 0 Å². The van der Waals surface area contributed by atoms with Crippen molar-refractivity contribution in [1.29, 1.82) is 0 Å². The summed E-state index contributed by atoms with van der Waals surface area (Å²) in [6.45, 7) is 8.11. The zero-order chi connectivity index (χ0) is 14.8. The highest BCUT2D eigenvalue weighted by Crippen LogP contribution is 2.37. The molecular formula is C14H19ClO6. The van der Waals surface area contributed by atoms with Gasteiger partial charge in [0.15, 0.2) is 18.9 Å². The molecule has 3 fully saturated rings. The Kier molecular flexibility index (Phi) is 4.96. The van der Waals surface area contributed by atoms with Crippen LogP contribution in [0.2, 0.25) is 0 Å². The molecule has 0 radical (unpaired) electrons. The van der Waals surface area contributed by atoms with Gasteiger partial charge in [0.25, 0.3) is 0 Å². The van der Waals surface area contributed by atoms with E-state index >= 15 is 0 Å². The summed E-state index contributed by atoms with van der Waals surface area (Å²) in [5.74, 6) is 0.378. The monoisotopic (exact) mass is 318 g/mol. The molecule has 21 heavy (non-hydrogen) atoms. The molecule has 3 aliphatic heterocycles. The number of hydrogen-bond acceptors (Lipinski definition) is 6. The molecule has 0 amide bonds. The number of ether oxygens (including phenoxy) is 6. The molecule has 0 aliphatic carbocycles. The molecule has 0 N–H and O–H groups in total. The summed E-state index contributed by atoms with van der Waals surface area (Å²) in [5, 5.41) is 0. The molecular weight excluding hydrogens is 300 g/mol. The quantitative estimate of drug-likeness (QED) is 0.561. The van der Waals surface area contributed by atoms with Gasteiger partial charge >= 0.3 is 0 Å². The summed E-state index contributed by atoms with van der Waals surface area (Å²) in [7, 11) is 0. The Morgan fingerprint density at radius 3 is 2.43 bits per heavy atom. The summed E-state index contributed by atoms with van der Waals surface area (Å²) in [6.07, 6.45) is 0.382. The van der Waals surface area contributed by atoms with Crippen molar-refractivity contribution in [3.05, 3.63) is 25.3 Å². The first-order valence-corrected chi connectivity index (χ1v) is 7.46. The Morgan fingerprint density at radius 2 is 1.71 bits per heavy atom. The molecule has 0 bridgehead atoms. The largest absolute Gasteiger partial charge is 0.349 e. The Morgan fingerprint density at radius 1 is 1.00 bits per heavy atom. The Bertz CT molecular complexity index is 392. The third-order valence-corrected chi connectivity index (χ3v) is 3.79. The molecule has 3 saturated heterocycles. The molecule has 0 unspecified atom stereocenters. The van der Waals surface area contributed by atoms with Crippen molar-refractivity contribution in [2.24, 2.45) is 0 Å². The number of hydrogen-bond donors (Lipinski definition) is 0. The lowest BCUT2D eigenvalue weighted by atomic mass is 9.98. The van der Waals surface area contributed by atoms with Crippen LogP contribution in [0.3, 0.4) is 0 Å². The van der Waals surface area contributed by atoms with Crippen LogP contribution in [-0.4, -0.2) is 62.4 Å². The van der Waals surface area contributed by atoms with Gasteiger partial charge in [-0.25, -0.2) is 0 Å². The summed E-state index contributed by atoms with van der Waals surface area (Å²) < 4.78 is 34.4. The van der Waals surface area contributed by atoms with Crippen LogP contribution in [-0.2, 0) is 28.4 Å². The zero-order valence-corrected chi connectivity index (χ0v) is 12.3. The van der Waals surface area contributed by atoms with Crippen LogP contribution in [0.1, 0.15) is 0 Å². The fourth-order valence-corrected chi connectivity index (χ4v) is 2.82. The van der Waals surface area contributed by atoms with Crippen LogP contribution in [0, 0.1) is 0 Å². The molecule has 3 aliphatic rings. The molecule has 0 spiro atoms. The zero-order valence-electron chi connectivity index (χ0n) is 11.6. The van der Waals surface area contributed by atoms with E-state index in [1.54, 1.807) is 12.2 Å². The number of fused-ring (bicyclic) bond motifs is 3. The van der Waals surface area contributed by atoms with Crippen molar-refractivity contribution in [1.82, 2.24) is 0 Å². The van der Waals surface area contributed by atoms with Crippen molar-refractivity contribution in [3.8, 4) is 0 Å². The van der Waals surface area contributed by atoms with E-state index in [9.17, 15) is 0 Å². The summed E-state index contributed by atoms with van der Waals surface area (Å²) in [4.78, 5) is 0. The van der Waals surface area contributed by atoms with Crippen LogP contribution >= 0.6 is 11.6 Å². The predicted molar refractivity (Wildman–Crippen MR) is 73.9 cm³/mol. The molecule has 0 aromatic rings. The third-order valence-electron chi connectivity index (χ3n) is 3.63. The van der Waals surface area contributed by atoms with Crippen LogP contribution in [0.5, 0.6) is 0 Å². The molecule has 0 aromatic heterocycles. The maximum absolute atomic E-state index is 5.89. The first kappa shape index (κ1) is 15.4. The lowest BCUT2D eigenvalue weighted by Crippen LogP contribution is -2.62. The minimum absolute atomic E-state index is 0.282. The van der Waals surface area contributed by atoms with Gasteiger partial charge in [0.2, 0.25) is 0 Å². The van der Waals surface area contributed by atoms with Gasteiger partial charge in [0.1, 0.15) is 24.4 Å². The molecule has 0 aromatic carbocycles. The average Bonchev–Trinajstić information content (AvgIpc) is 2.97. The first-order chi connectivity index (χ1) is 10.3. The lowest BCUT2D eigenvalue weighted by molar-refractivity contribution is -0.334. The van der Waals surface area contributed by atoms with Crippen molar-refractivity contribution in [2.45, 2.75) is 43.3 Å². The van der Waals surface area contributed by atoms with E-state index in [1.807, 2.05) is 0 Å². The standard InChI is InChI=1S/C14H19ClO6/c1-3-9-17-7-8-11(19-9)12-13(21-10(4-2)20-12)14(18-8)16-6-5-15/h3-4,8-14H,1-2,5-7H2/t8-,9+,10+,11-,12+,13+,14-/m0/s1. The van der Waals surface area contributed by atoms with E-state index < -0.39 is 18.9 Å². The van der Waals surface area contributed by atoms with Gasteiger partial charge in [0.05, 0.1) is 13.2 Å². The van der Waals surface area contributed by atoms with Gasteiger partial charge in [0, 0.05) is 5.88 Å². The minimum Gasteiger partial charge on any atom is -0.349 e. The molecule has 7 atom stereocenters. The van der Waals surface area contributed by atoms with Crippen LogP contribution in [0.15, 0.2) is 25.3 Å². The Labute approximate surface area is 128 Å². The van der Waals surface area contributed by atoms with Gasteiger partial charge in [-0.3, -0.25) is 0 Å². The highest BCUT2D eigenvalue weighted by molar-refractivity contribution is 6.17. The second-order valence-corrected chi connectivity index (χ2v) is 5.32. The van der Waals surface area contributed by atoms with E-state index in [-0.39, 0.29) is 24.4 Å². The minimum atomic E-state index is -0.563. The maximum atomic E-state index is 5.89. The van der Waals surface area contributed by atoms with Crippen molar-refractivity contribution >= 4 is 11.6 Å². The van der Waals surface area contributed by atoms with Crippen molar-refractivity contribution < 1.29 is 28.4 Å². The first-order valence-electron chi connectivity index (χ1n) is 6.93. The van der Waals surface area contributed by atoms with E-state index in [0.29, 0.717) is 19.1 Å². The van der Waals surface area contributed by atoms with Gasteiger partial charge in [-0.15, -0.1) is 11.6 Å². The van der Waals surface area contributed by atoms with Gasteiger partial charge in [-0.2, -0.15) is 0 Å². The second kappa shape index (κ2) is 6.75. The number of alkyl halides is 1. The van der Waals surface area contributed by atoms with Crippen LogP contribution in [0.25, 0.3) is 0 Å². The Balaban J connectivity index is 1.76. The van der Waals surface area contributed by atoms with Gasteiger partial charge < -0.3 is 28.4 Å². The molecule has 118 valence electrons. The fraction of sp³-hybridized carbons (Fsp3) is 0.714. The maximum Gasteiger partial charge on any atom is 0.187 e. The average molecular weight is 319 g/mol. The third kappa shape index (κ3) is 3.03. The van der Waals surface area contributed by atoms with E-state index in [2.05, 4.69) is 13.2 Å². The summed E-state index contributed by atoms with van der Waals surface area (Å²) >= 11 is 5.67. The van der Waals surface area contributed by atoms with Gasteiger partial charge in [-0.1, -0.05) is 13.2 Å². The van der Waals surface area contributed by atoms with E-state index in [4.69, 9.17) is 40.0 Å². The van der Waals surface area contributed by atoms with E-state index in [0.717, 1.165) is 0 Å². The molecule has 3 rings (SSSR count). The number of rotatable bonds is 5. The highest BCUT2D eigenvalue weighted by atomic mass is 35.5. The smallest absolute Gasteiger partial charge is 0.187 e.